The van der Waals surface area contributed by atoms with Crippen LogP contribution in [0.2, 0.25) is 0 Å². The molecule has 0 bridgehead atoms. The third kappa shape index (κ3) is 6.73. The van der Waals surface area contributed by atoms with Crippen LogP contribution in [0.4, 0.5) is 17.1 Å². The van der Waals surface area contributed by atoms with Gasteiger partial charge in [-0.15, -0.1) is 0 Å². The van der Waals surface area contributed by atoms with Crippen molar-refractivity contribution < 1.29 is 0 Å². The minimum absolute atomic E-state index is 0.00601. The van der Waals surface area contributed by atoms with Gasteiger partial charge in [0.05, 0.1) is 11.0 Å². The van der Waals surface area contributed by atoms with Gasteiger partial charge in [-0.05, 0) is 149 Å². The molecule has 0 aliphatic heterocycles. The minimum Gasteiger partial charge on any atom is -0.310 e. The van der Waals surface area contributed by atoms with Crippen LogP contribution in [0.1, 0.15) is 26.3 Å². The summed E-state index contributed by atoms with van der Waals surface area (Å²) >= 11 is 0. The highest BCUT2D eigenvalue weighted by Gasteiger charge is 2.22. The van der Waals surface area contributed by atoms with Gasteiger partial charge < -0.3 is 9.47 Å². The van der Waals surface area contributed by atoms with Crippen molar-refractivity contribution in [3.8, 4) is 39.1 Å². The Balaban J connectivity index is 1.04. The van der Waals surface area contributed by atoms with Gasteiger partial charge in [-0.2, -0.15) is 0 Å². The zero-order valence-electron chi connectivity index (χ0n) is 37.4. The summed E-state index contributed by atoms with van der Waals surface area (Å²) in [4.78, 5) is 2.42. The molecular weight excluding hydrogens is 797 g/mol. The second-order valence-corrected chi connectivity index (χ2v) is 18.6. The van der Waals surface area contributed by atoms with E-state index in [0.29, 0.717) is 0 Å². The average Bonchev–Trinajstić information content (AvgIpc) is 3.69. The van der Waals surface area contributed by atoms with E-state index in [9.17, 15) is 0 Å². The van der Waals surface area contributed by atoms with Crippen molar-refractivity contribution in [2.24, 2.45) is 0 Å². The summed E-state index contributed by atoms with van der Waals surface area (Å²) in [5.41, 5.74) is 15.5. The zero-order chi connectivity index (χ0) is 44.4. The van der Waals surface area contributed by atoms with Crippen LogP contribution in [-0.4, -0.2) is 4.57 Å². The van der Waals surface area contributed by atoms with Gasteiger partial charge in [-0.3, -0.25) is 0 Å². The van der Waals surface area contributed by atoms with Gasteiger partial charge in [-0.25, -0.2) is 0 Å². The van der Waals surface area contributed by atoms with E-state index in [0.717, 1.165) is 22.7 Å². The van der Waals surface area contributed by atoms with E-state index in [1.807, 2.05) is 0 Å². The molecule has 0 amide bonds. The Morgan fingerprint density at radius 1 is 0.318 bits per heavy atom. The molecule has 0 aliphatic rings. The summed E-state index contributed by atoms with van der Waals surface area (Å²) in [5, 5.41) is 9.98. The Morgan fingerprint density at radius 2 is 0.773 bits per heavy atom. The Kier molecular flexibility index (Phi) is 9.43. The topological polar surface area (TPSA) is 8.17 Å². The van der Waals surface area contributed by atoms with E-state index in [-0.39, 0.29) is 5.41 Å². The maximum atomic E-state index is 2.42. The van der Waals surface area contributed by atoms with Crippen molar-refractivity contribution in [2.75, 3.05) is 4.90 Å². The van der Waals surface area contributed by atoms with E-state index in [4.69, 9.17) is 0 Å². The Labute approximate surface area is 386 Å². The van der Waals surface area contributed by atoms with Crippen molar-refractivity contribution in [3.63, 3.8) is 0 Å². The van der Waals surface area contributed by atoms with Crippen LogP contribution >= 0.6 is 0 Å². The molecule has 12 aromatic rings. The van der Waals surface area contributed by atoms with Gasteiger partial charge in [0, 0.05) is 33.5 Å². The van der Waals surface area contributed by atoms with Crippen molar-refractivity contribution in [1.82, 2.24) is 4.57 Å². The molecule has 66 heavy (non-hydrogen) atoms. The molecule has 0 N–H and O–H groups in total. The highest BCUT2D eigenvalue weighted by atomic mass is 15.1. The Hall–Kier alpha value is -8.20. The normalized spacial score (nSPS) is 11.9. The number of hydrogen-bond acceptors (Lipinski definition) is 1. The minimum atomic E-state index is 0.00601. The standard InChI is InChI=1S/C64H48N2/c1-64(2,3)49-32-38-60-58(41-49)59-42-53(37-39-61(59)66(60)50-20-8-5-9-21-50)65(51-33-28-44(29-34-51)48-27-26-43-16-10-11-19-47(43)40-48)52-35-30-46(31-36-52)63-56-24-14-12-22-54(56)62(45-17-6-4-7-18-45)55-23-13-15-25-57(55)63/h4-42H,1-3H3. The van der Waals surface area contributed by atoms with Crippen LogP contribution in [-0.2, 0) is 5.41 Å². The number of hydrogen-bond donors (Lipinski definition) is 0. The lowest BCUT2D eigenvalue weighted by Gasteiger charge is -2.26. The summed E-state index contributed by atoms with van der Waals surface area (Å²) in [6.45, 7) is 6.89. The summed E-state index contributed by atoms with van der Waals surface area (Å²) in [6, 6.07) is 87.0. The predicted octanol–water partition coefficient (Wildman–Crippen LogP) is 18.0. The molecule has 0 aliphatic carbocycles. The van der Waals surface area contributed by atoms with Gasteiger partial charge in [-0.1, -0.05) is 185 Å². The highest BCUT2D eigenvalue weighted by molar-refractivity contribution is 6.21. The molecule has 0 fully saturated rings. The zero-order valence-corrected chi connectivity index (χ0v) is 37.4. The second kappa shape index (κ2) is 15.8. The first-order valence-electron chi connectivity index (χ1n) is 23.0. The third-order valence-electron chi connectivity index (χ3n) is 13.5. The number of benzene rings is 11. The third-order valence-corrected chi connectivity index (χ3v) is 13.5. The van der Waals surface area contributed by atoms with E-state index >= 15 is 0 Å². The predicted molar refractivity (Wildman–Crippen MR) is 283 cm³/mol. The largest absolute Gasteiger partial charge is 0.310 e. The van der Waals surface area contributed by atoms with Crippen LogP contribution in [0.15, 0.2) is 237 Å². The first-order valence-corrected chi connectivity index (χ1v) is 23.0. The van der Waals surface area contributed by atoms with Crippen molar-refractivity contribution >= 4 is 71.2 Å². The van der Waals surface area contributed by atoms with E-state index in [1.54, 1.807) is 0 Å². The summed E-state index contributed by atoms with van der Waals surface area (Å²) in [6.07, 6.45) is 0. The molecule has 12 rings (SSSR count). The van der Waals surface area contributed by atoms with Gasteiger partial charge in [0.25, 0.3) is 0 Å². The lowest BCUT2D eigenvalue weighted by atomic mass is 9.86. The van der Waals surface area contributed by atoms with E-state index in [1.165, 1.54) is 93.1 Å². The molecule has 0 atom stereocenters. The summed E-state index contributed by atoms with van der Waals surface area (Å²) < 4.78 is 2.41. The molecule has 2 nitrogen and oxygen atoms in total. The fraction of sp³-hybridized carbons (Fsp3) is 0.0625. The SMILES string of the molecule is CC(C)(C)c1ccc2c(c1)c1cc(N(c3ccc(-c4ccc5ccccc5c4)cc3)c3ccc(-c4c5ccccc5c(-c5ccccc5)c5ccccc45)cc3)ccc1n2-c1ccccc1. The van der Waals surface area contributed by atoms with Gasteiger partial charge in [0.1, 0.15) is 0 Å². The van der Waals surface area contributed by atoms with Crippen LogP contribution in [0, 0.1) is 0 Å². The molecule has 11 aromatic carbocycles. The molecule has 2 heteroatoms. The molecule has 314 valence electrons. The van der Waals surface area contributed by atoms with Crippen LogP contribution in [0.25, 0.3) is 93.2 Å². The monoisotopic (exact) mass is 844 g/mol. The van der Waals surface area contributed by atoms with Gasteiger partial charge in [0.2, 0.25) is 0 Å². The lowest BCUT2D eigenvalue weighted by molar-refractivity contribution is 0.591. The van der Waals surface area contributed by atoms with Gasteiger partial charge >= 0.3 is 0 Å². The molecule has 0 saturated heterocycles. The molecule has 0 spiro atoms. The molecular formula is C64H48N2. The summed E-state index contributed by atoms with van der Waals surface area (Å²) in [5.74, 6) is 0. The number of para-hydroxylation sites is 1. The molecule has 0 unspecified atom stereocenters. The molecule has 0 radical (unpaired) electrons. The van der Waals surface area contributed by atoms with Crippen molar-refractivity contribution in [3.05, 3.63) is 242 Å². The van der Waals surface area contributed by atoms with Crippen molar-refractivity contribution in [1.29, 1.82) is 0 Å². The average molecular weight is 845 g/mol. The Bertz CT molecular complexity index is 3700. The van der Waals surface area contributed by atoms with E-state index in [2.05, 4.69) is 267 Å². The smallest absolute Gasteiger partial charge is 0.0542 e. The Morgan fingerprint density at radius 3 is 1.36 bits per heavy atom. The number of aromatic nitrogens is 1. The maximum absolute atomic E-state index is 2.42. The van der Waals surface area contributed by atoms with Crippen LogP contribution in [0.5, 0.6) is 0 Å². The molecule has 1 heterocycles. The highest BCUT2D eigenvalue weighted by Crippen LogP contribution is 2.46. The first-order chi connectivity index (χ1) is 32.4. The number of fused-ring (bicyclic) bond motifs is 6. The number of rotatable bonds is 7. The second-order valence-electron chi connectivity index (χ2n) is 18.6. The van der Waals surface area contributed by atoms with Crippen molar-refractivity contribution in [2.45, 2.75) is 26.2 Å². The fourth-order valence-corrected chi connectivity index (χ4v) is 10.2. The fourth-order valence-electron chi connectivity index (χ4n) is 10.2. The molecule has 1 aromatic heterocycles. The summed E-state index contributed by atoms with van der Waals surface area (Å²) in [7, 11) is 0. The first kappa shape index (κ1) is 39.4. The number of anilines is 3. The number of nitrogens with zero attached hydrogens (tertiary/aromatic N) is 2. The van der Waals surface area contributed by atoms with E-state index < -0.39 is 0 Å². The van der Waals surface area contributed by atoms with Gasteiger partial charge in [0.15, 0.2) is 0 Å². The molecule has 0 saturated carbocycles. The maximum Gasteiger partial charge on any atom is 0.0542 e. The van der Waals surface area contributed by atoms with Crippen LogP contribution < -0.4 is 4.90 Å². The van der Waals surface area contributed by atoms with Crippen LogP contribution in [0.3, 0.4) is 0 Å². The quantitative estimate of drug-likeness (QED) is 0.145. The lowest BCUT2D eigenvalue weighted by Crippen LogP contribution is -2.10.